The number of carbonyl (C=O) groups is 1. The van der Waals surface area contributed by atoms with E-state index < -0.39 is 21.5 Å². The molecule has 0 bridgehead atoms. The minimum absolute atomic E-state index is 0.111. The zero-order valence-corrected chi connectivity index (χ0v) is 12.4. The predicted octanol–water partition coefficient (Wildman–Crippen LogP) is 0.358. The lowest BCUT2D eigenvalue weighted by molar-refractivity contribution is -0.144. The van der Waals surface area contributed by atoms with E-state index in [0.717, 1.165) is 0 Å². The Morgan fingerprint density at radius 1 is 1.52 bits per heavy atom. The second-order valence-electron chi connectivity index (χ2n) is 4.90. The van der Waals surface area contributed by atoms with Gasteiger partial charge in [0, 0.05) is 13.0 Å². The molecule has 2 rings (SSSR count). The van der Waals surface area contributed by atoms with E-state index >= 15 is 0 Å². The summed E-state index contributed by atoms with van der Waals surface area (Å²) in [6.07, 6.45) is 0.111. The number of carboxylic acid groups (broad SMARTS) is 1. The molecule has 0 spiro atoms. The topological polar surface area (TPSA) is 102 Å². The van der Waals surface area contributed by atoms with E-state index in [2.05, 4.69) is 4.72 Å². The summed E-state index contributed by atoms with van der Waals surface area (Å²) in [4.78, 5) is 11.3. The lowest BCUT2D eigenvalue weighted by Crippen LogP contribution is -2.55. The summed E-state index contributed by atoms with van der Waals surface area (Å²) in [5.74, 6) is -1.01. The van der Waals surface area contributed by atoms with Gasteiger partial charge in [0.1, 0.15) is 5.75 Å². The molecule has 1 aromatic rings. The summed E-state index contributed by atoms with van der Waals surface area (Å²) in [5, 5.41) is 9.25. The summed E-state index contributed by atoms with van der Waals surface area (Å²) < 4.78 is 36.7. The summed E-state index contributed by atoms with van der Waals surface area (Å²) in [7, 11) is -2.33. The fraction of sp³-hybridized carbons (Fsp3) is 0.462. The van der Waals surface area contributed by atoms with Gasteiger partial charge < -0.3 is 14.6 Å². The summed E-state index contributed by atoms with van der Waals surface area (Å²) in [6, 6.07) is 6.61. The van der Waals surface area contributed by atoms with Gasteiger partial charge in [-0.1, -0.05) is 12.1 Å². The third kappa shape index (κ3) is 3.72. The van der Waals surface area contributed by atoms with Crippen LogP contribution in [0.2, 0.25) is 0 Å². The number of aliphatic carboxylic acids is 1. The highest BCUT2D eigenvalue weighted by Gasteiger charge is 2.45. The maximum atomic E-state index is 12.2. The molecule has 7 nitrogen and oxygen atoms in total. The van der Waals surface area contributed by atoms with Crippen LogP contribution in [0.3, 0.4) is 0 Å². The zero-order valence-electron chi connectivity index (χ0n) is 11.5. The van der Waals surface area contributed by atoms with Crippen LogP contribution in [0.4, 0.5) is 0 Å². The molecule has 1 fully saturated rings. The molecule has 0 aromatic heterocycles. The molecule has 1 heterocycles. The van der Waals surface area contributed by atoms with Crippen molar-refractivity contribution in [2.45, 2.75) is 17.7 Å². The van der Waals surface area contributed by atoms with Crippen LogP contribution >= 0.6 is 0 Å². The molecule has 1 atom stereocenters. The molecule has 1 saturated heterocycles. The Labute approximate surface area is 122 Å². The van der Waals surface area contributed by atoms with E-state index in [-0.39, 0.29) is 25.4 Å². The molecule has 116 valence electrons. The maximum absolute atomic E-state index is 12.2. The van der Waals surface area contributed by atoms with Crippen LogP contribution in [0.1, 0.15) is 12.0 Å². The molecule has 0 saturated carbocycles. The van der Waals surface area contributed by atoms with Crippen molar-refractivity contribution in [3.8, 4) is 5.75 Å². The number of ether oxygens (including phenoxy) is 2. The first-order chi connectivity index (χ1) is 9.87. The Balaban J connectivity index is 2.16. The number of rotatable bonds is 6. The summed E-state index contributed by atoms with van der Waals surface area (Å²) in [5.41, 5.74) is -1.06. The van der Waals surface area contributed by atoms with Gasteiger partial charge >= 0.3 is 5.97 Å². The van der Waals surface area contributed by atoms with Gasteiger partial charge in [0.25, 0.3) is 0 Å². The van der Waals surface area contributed by atoms with Crippen molar-refractivity contribution < 1.29 is 27.8 Å². The Hall–Kier alpha value is -1.64. The predicted molar refractivity (Wildman–Crippen MR) is 74.6 cm³/mol. The van der Waals surface area contributed by atoms with E-state index in [1.807, 2.05) is 0 Å². The van der Waals surface area contributed by atoms with Crippen molar-refractivity contribution in [3.05, 3.63) is 29.8 Å². The van der Waals surface area contributed by atoms with Crippen molar-refractivity contribution in [3.63, 3.8) is 0 Å². The first kappa shape index (κ1) is 15.7. The second-order valence-corrected chi connectivity index (χ2v) is 6.62. The third-order valence-electron chi connectivity index (χ3n) is 3.27. The summed E-state index contributed by atoms with van der Waals surface area (Å²) >= 11 is 0. The van der Waals surface area contributed by atoms with Gasteiger partial charge in [0.05, 0.1) is 19.5 Å². The van der Waals surface area contributed by atoms with Crippen molar-refractivity contribution in [2.75, 3.05) is 20.3 Å². The standard InChI is InChI=1S/C13H17NO6S/c1-19-11-4-2-3-10(7-11)8-21(17,18)14-13(12(15)16)5-6-20-9-13/h2-4,7,14H,5-6,8-9H2,1H3,(H,15,16). The first-order valence-electron chi connectivity index (χ1n) is 6.33. The molecule has 0 aliphatic carbocycles. The van der Waals surface area contributed by atoms with Crippen LogP contribution in [-0.2, 0) is 25.3 Å². The van der Waals surface area contributed by atoms with E-state index in [4.69, 9.17) is 9.47 Å². The molecular weight excluding hydrogens is 298 g/mol. The molecule has 21 heavy (non-hydrogen) atoms. The number of hydrogen-bond donors (Lipinski definition) is 2. The number of hydrogen-bond acceptors (Lipinski definition) is 5. The fourth-order valence-electron chi connectivity index (χ4n) is 2.17. The van der Waals surface area contributed by atoms with Gasteiger partial charge in [0.15, 0.2) is 5.54 Å². The SMILES string of the molecule is COc1cccc(CS(=O)(=O)NC2(C(=O)O)CCOC2)c1. The summed E-state index contributed by atoms with van der Waals surface area (Å²) in [6.45, 7) is 0.0493. The van der Waals surface area contributed by atoms with Crippen LogP contribution in [0, 0.1) is 0 Å². The monoisotopic (exact) mass is 315 g/mol. The third-order valence-corrected chi connectivity index (χ3v) is 4.69. The normalized spacial score (nSPS) is 22.1. The van der Waals surface area contributed by atoms with E-state index in [1.165, 1.54) is 7.11 Å². The Bertz CT molecular complexity index is 621. The highest BCUT2D eigenvalue weighted by molar-refractivity contribution is 7.88. The quantitative estimate of drug-likeness (QED) is 0.786. The number of benzene rings is 1. The van der Waals surface area contributed by atoms with Gasteiger partial charge in [-0.25, -0.2) is 8.42 Å². The molecule has 1 unspecified atom stereocenters. The highest BCUT2D eigenvalue weighted by Crippen LogP contribution is 2.22. The molecule has 0 radical (unpaired) electrons. The van der Waals surface area contributed by atoms with Crippen LogP contribution < -0.4 is 9.46 Å². The van der Waals surface area contributed by atoms with Gasteiger partial charge in [-0.15, -0.1) is 0 Å². The molecule has 1 aromatic carbocycles. The molecule has 2 N–H and O–H groups in total. The zero-order chi connectivity index (χ0) is 15.5. The Kier molecular flexibility index (Phi) is 4.50. The average molecular weight is 315 g/mol. The fourth-order valence-corrected chi connectivity index (χ4v) is 3.71. The lowest BCUT2D eigenvalue weighted by atomic mass is 10.0. The van der Waals surface area contributed by atoms with Crippen LogP contribution in [0.5, 0.6) is 5.75 Å². The van der Waals surface area contributed by atoms with Gasteiger partial charge in [-0.05, 0) is 17.7 Å². The van der Waals surface area contributed by atoms with E-state index in [1.54, 1.807) is 24.3 Å². The number of nitrogens with one attached hydrogen (secondary N) is 1. The lowest BCUT2D eigenvalue weighted by Gasteiger charge is -2.23. The van der Waals surface area contributed by atoms with Crippen molar-refractivity contribution in [2.24, 2.45) is 0 Å². The Morgan fingerprint density at radius 3 is 2.86 bits per heavy atom. The molecule has 8 heteroatoms. The van der Waals surface area contributed by atoms with Crippen molar-refractivity contribution in [1.29, 1.82) is 0 Å². The largest absolute Gasteiger partial charge is 0.497 e. The Morgan fingerprint density at radius 2 is 2.29 bits per heavy atom. The second kappa shape index (κ2) is 6.00. The van der Waals surface area contributed by atoms with Gasteiger partial charge in [-0.3, -0.25) is 4.79 Å². The minimum atomic E-state index is -3.81. The van der Waals surface area contributed by atoms with E-state index in [0.29, 0.717) is 11.3 Å². The maximum Gasteiger partial charge on any atom is 0.327 e. The number of methoxy groups -OCH3 is 1. The highest BCUT2D eigenvalue weighted by atomic mass is 32.2. The van der Waals surface area contributed by atoms with Crippen LogP contribution in [-0.4, -0.2) is 45.4 Å². The molecule has 0 amide bonds. The first-order valence-corrected chi connectivity index (χ1v) is 7.98. The molecule has 1 aliphatic rings. The van der Waals surface area contributed by atoms with Gasteiger partial charge in [-0.2, -0.15) is 4.72 Å². The molecular formula is C13H17NO6S. The van der Waals surface area contributed by atoms with Crippen molar-refractivity contribution in [1.82, 2.24) is 4.72 Å². The number of carboxylic acids is 1. The van der Waals surface area contributed by atoms with Crippen LogP contribution in [0.25, 0.3) is 0 Å². The van der Waals surface area contributed by atoms with Crippen molar-refractivity contribution >= 4 is 16.0 Å². The molecule has 1 aliphatic heterocycles. The smallest absolute Gasteiger partial charge is 0.327 e. The minimum Gasteiger partial charge on any atom is -0.497 e. The number of sulfonamides is 1. The van der Waals surface area contributed by atoms with Gasteiger partial charge in [0.2, 0.25) is 10.0 Å². The average Bonchev–Trinajstić information content (AvgIpc) is 2.87. The van der Waals surface area contributed by atoms with Crippen LogP contribution in [0.15, 0.2) is 24.3 Å². The van der Waals surface area contributed by atoms with E-state index in [9.17, 15) is 18.3 Å².